The minimum atomic E-state index is -0.186. The topological polar surface area (TPSA) is 61.4 Å². The number of rotatable bonds is 10. The Kier molecular flexibility index (Phi) is 9.35. The Morgan fingerprint density at radius 3 is 2.32 bits per heavy atom. The van der Waals surface area contributed by atoms with Crippen molar-refractivity contribution >= 4 is 23.5 Å². The maximum atomic E-state index is 12.2. The molecule has 0 spiro atoms. The Labute approximate surface area is 172 Å². The van der Waals surface area contributed by atoms with Crippen molar-refractivity contribution in [2.45, 2.75) is 38.8 Å². The van der Waals surface area contributed by atoms with Crippen LogP contribution >= 0.6 is 11.6 Å². The van der Waals surface area contributed by atoms with E-state index in [0.29, 0.717) is 31.1 Å². The van der Waals surface area contributed by atoms with Crippen LogP contribution in [0.25, 0.3) is 0 Å². The van der Waals surface area contributed by atoms with Crippen molar-refractivity contribution < 1.29 is 9.59 Å². The van der Waals surface area contributed by atoms with Gasteiger partial charge in [-0.1, -0.05) is 60.5 Å². The quantitative estimate of drug-likeness (QED) is 0.581. The van der Waals surface area contributed by atoms with Crippen LogP contribution < -0.4 is 10.6 Å². The van der Waals surface area contributed by atoms with Gasteiger partial charge in [0.15, 0.2) is 0 Å². The summed E-state index contributed by atoms with van der Waals surface area (Å²) in [6.07, 6.45) is 3.12. The van der Waals surface area contributed by atoms with E-state index in [9.17, 15) is 9.59 Å². The molecule has 0 atom stereocenters. The van der Waals surface area contributed by atoms with Crippen molar-refractivity contribution in [3.05, 3.63) is 70.7 Å². The van der Waals surface area contributed by atoms with Crippen molar-refractivity contribution in [1.82, 2.24) is 15.5 Å². The van der Waals surface area contributed by atoms with E-state index < -0.39 is 0 Å². The number of halogens is 1. The Bertz CT molecular complexity index is 735. The second-order valence-corrected chi connectivity index (χ2v) is 7.22. The minimum absolute atomic E-state index is 0.150. The highest BCUT2D eigenvalue weighted by atomic mass is 35.5. The summed E-state index contributed by atoms with van der Waals surface area (Å²) in [4.78, 5) is 25.7. The van der Waals surface area contributed by atoms with Gasteiger partial charge in [0.05, 0.1) is 0 Å². The number of hydrogen-bond acceptors (Lipinski definition) is 2. The van der Waals surface area contributed by atoms with Crippen LogP contribution in [0.5, 0.6) is 0 Å². The van der Waals surface area contributed by atoms with E-state index in [4.69, 9.17) is 11.6 Å². The third-order valence-corrected chi connectivity index (χ3v) is 4.66. The van der Waals surface area contributed by atoms with Crippen molar-refractivity contribution in [3.63, 3.8) is 0 Å². The zero-order valence-corrected chi connectivity index (χ0v) is 17.0. The summed E-state index contributed by atoms with van der Waals surface area (Å²) in [7, 11) is 1.84. The zero-order chi connectivity index (χ0) is 20.2. The lowest BCUT2D eigenvalue weighted by Crippen LogP contribution is -2.35. The number of carbonyl (C=O) groups excluding carboxylic acids is 2. The molecule has 0 radical (unpaired) electrons. The molecule has 0 saturated carbocycles. The zero-order valence-electron chi connectivity index (χ0n) is 16.3. The molecule has 6 heteroatoms. The Morgan fingerprint density at radius 2 is 1.61 bits per heavy atom. The molecule has 0 aromatic heterocycles. The van der Waals surface area contributed by atoms with Crippen LogP contribution in [0, 0.1) is 0 Å². The molecule has 0 unspecified atom stereocenters. The van der Waals surface area contributed by atoms with Gasteiger partial charge in [-0.3, -0.25) is 4.79 Å². The Morgan fingerprint density at radius 1 is 0.893 bits per heavy atom. The fraction of sp³-hybridized carbons (Fsp3) is 0.364. The molecule has 5 nitrogen and oxygen atoms in total. The molecule has 28 heavy (non-hydrogen) atoms. The summed E-state index contributed by atoms with van der Waals surface area (Å²) in [5, 5.41) is 6.33. The molecule has 3 amide bonds. The Balaban J connectivity index is 1.51. The van der Waals surface area contributed by atoms with E-state index in [1.54, 1.807) is 17.0 Å². The first-order valence-electron chi connectivity index (χ1n) is 9.58. The molecule has 150 valence electrons. The average Bonchev–Trinajstić information content (AvgIpc) is 2.70. The third kappa shape index (κ3) is 8.44. The van der Waals surface area contributed by atoms with E-state index in [1.165, 1.54) is 0 Å². The first-order chi connectivity index (χ1) is 13.5. The number of hydrogen-bond donors (Lipinski definition) is 2. The van der Waals surface area contributed by atoms with Crippen LogP contribution in [-0.2, 0) is 17.9 Å². The molecule has 0 saturated heterocycles. The highest BCUT2D eigenvalue weighted by Gasteiger charge is 2.08. The van der Waals surface area contributed by atoms with E-state index in [1.807, 2.05) is 49.5 Å². The van der Waals surface area contributed by atoms with Gasteiger partial charge in [0.1, 0.15) is 0 Å². The van der Waals surface area contributed by atoms with Crippen molar-refractivity contribution in [2.75, 3.05) is 13.6 Å². The molecule has 2 aromatic rings. The largest absolute Gasteiger partial charge is 0.341 e. The highest BCUT2D eigenvalue weighted by molar-refractivity contribution is 6.30. The summed E-state index contributed by atoms with van der Waals surface area (Å²) >= 11 is 5.83. The van der Waals surface area contributed by atoms with Crippen LogP contribution in [-0.4, -0.2) is 30.4 Å². The van der Waals surface area contributed by atoms with Gasteiger partial charge in [0, 0.05) is 38.1 Å². The number of nitrogens with zero attached hydrogens (tertiary/aromatic N) is 1. The minimum Gasteiger partial charge on any atom is -0.341 e. The molecule has 2 aromatic carbocycles. The fourth-order valence-corrected chi connectivity index (χ4v) is 2.89. The maximum absolute atomic E-state index is 12.2. The van der Waals surface area contributed by atoms with Gasteiger partial charge in [0.2, 0.25) is 5.91 Å². The molecule has 0 aliphatic rings. The van der Waals surface area contributed by atoms with Gasteiger partial charge >= 0.3 is 6.03 Å². The SMILES string of the molecule is CN(Cc1ccccc1)C(=O)CCCCCNC(=O)NCc1ccc(Cl)cc1. The highest BCUT2D eigenvalue weighted by Crippen LogP contribution is 2.09. The second kappa shape index (κ2) is 12.0. The lowest BCUT2D eigenvalue weighted by Gasteiger charge is -2.17. The van der Waals surface area contributed by atoms with Crippen LogP contribution in [0.4, 0.5) is 4.79 Å². The molecule has 0 aliphatic carbocycles. The smallest absolute Gasteiger partial charge is 0.315 e. The van der Waals surface area contributed by atoms with Gasteiger partial charge in [-0.2, -0.15) is 0 Å². The Hall–Kier alpha value is -2.53. The summed E-state index contributed by atoms with van der Waals surface area (Å²) in [5.74, 6) is 0.150. The summed E-state index contributed by atoms with van der Waals surface area (Å²) in [6.45, 7) is 1.70. The number of nitrogens with one attached hydrogen (secondary N) is 2. The van der Waals surface area contributed by atoms with Crippen molar-refractivity contribution in [2.24, 2.45) is 0 Å². The van der Waals surface area contributed by atoms with Crippen molar-refractivity contribution in [3.8, 4) is 0 Å². The lowest BCUT2D eigenvalue weighted by molar-refractivity contribution is -0.130. The number of amides is 3. The summed E-state index contributed by atoms with van der Waals surface area (Å²) in [6, 6.07) is 17.2. The van der Waals surface area contributed by atoms with Gasteiger partial charge < -0.3 is 15.5 Å². The molecular weight excluding hydrogens is 374 g/mol. The van der Waals surface area contributed by atoms with Crippen LogP contribution in [0.15, 0.2) is 54.6 Å². The monoisotopic (exact) mass is 401 g/mol. The van der Waals surface area contributed by atoms with E-state index in [2.05, 4.69) is 10.6 Å². The van der Waals surface area contributed by atoms with Crippen LogP contribution in [0.2, 0.25) is 5.02 Å². The molecule has 2 rings (SSSR count). The third-order valence-electron chi connectivity index (χ3n) is 4.41. The number of unbranched alkanes of at least 4 members (excludes halogenated alkanes) is 2. The lowest BCUT2D eigenvalue weighted by atomic mass is 10.1. The molecule has 0 fully saturated rings. The van der Waals surface area contributed by atoms with Crippen LogP contribution in [0.3, 0.4) is 0 Å². The van der Waals surface area contributed by atoms with Crippen LogP contribution in [0.1, 0.15) is 36.8 Å². The van der Waals surface area contributed by atoms with Gasteiger partial charge in [-0.25, -0.2) is 4.79 Å². The standard InChI is InChI=1S/C22H28ClN3O2/c1-26(17-19-8-4-2-5-9-19)21(27)10-6-3-7-15-24-22(28)25-16-18-11-13-20(23)14-12-18/h2,4-5,8-9,11-14H,3,6-7,10,15-17H2,1H3,(H2,24,25,28). The normalized spacial score (nSPS) is 10.4. The fourth-order valence-electron chi connectivity index (χ4n) is 2.76. The first kappa shape index (κ1) is 21.8. The van der Waals surface area contributed by atoms with Crippen molar-refractivity contribution in [1.29, 1.82) is 0 Å². The van der Waals surface area contributed by atoms with E-state index >= 15 is 0 Å². The molecule has 0 bridgehead atoms. The summed E-state index contributed by atoms with van der Waals surface area (Å²) in [5.41, 5.74) is 2.13. The first-order valence-corrected chi connectivity index (χ1v) is 9.96. The molecular formula is C22H28ClN3O2. The number of carbonyl (C=O) groups is 2. The average molecular weight is 402 g/mol. The van der Waals surface area contributed by atoms with Gasteiger partial charge in [-0.15, -0.1) is 0 Å². The number of benzene rings is 2. The second-order valence-electron chi connectivity index (χ2n) is 6.78. The predicted octanol–water partition coefficient (Wildman–Crippen LogP) is 4.36. The molecule has 0 heterocycles. The molecule has 2 N–H and O–H groups in total. The van der Waals surface area contributed by atoms with E-state index in [0.717, 1.165) is 30.4 Å². The molecule has 0 aliphatic heterocycles. The predicted molar refractivity (Wildman–Crippen MR) is 113 cm³/mol. The maximum Gasteiger partial charge on any atom is 0.315 e. The van der Waals surface area contributed by atoms with E-state index in [-0.39, 0.29) is 11.9 Å². The van der Waals surface area contributed by atoms with Gasteiger partial charge in [-0.05, 0) is 36.1 Å². The summed E-state index contributed by atoms with van der Waals surface area (Å²) < 4.78 is 0. The van der Waals surface area contributed by atoms with Gasteiger partial charge in [0.25, 0.3) is 0 Å². The number of urea groups is 1.